The number of hydrogen-bond donors (Lipinski definition) is 1. The molecule has 1 aromatic carbocycles. The van der Waals surface area contributed by atoms with Gasteiger partial charge in [-0.15, -0.1) is 0 Å². The van der Waals surface area contributed by atoms with Crippen molar-refractivity contribution >= 4 is 28.9 Å². The van der Waals surface area contributed by atoms with Gasteiger partial charge in [0.1, 0.15) is 5.75 Å². The highest BCUT2D eigenvalue weighted by molar-refractivity contribution is 7.80. The van der Waals surface area contributed by atoms with Crippen LogP contribution in [-0.4, -0.2) is 68.5 Å². The zero-order valence-electron chi connectivity index (χ0n) is 14.4. The summed E-state index contributed by atoms with van der Waals surface area (Å²) in [5, 5.41) is 4.75. The van der Waals surface area contributed by atoms with Gasteiger partial charge < -0.3 is 19.7 Å². The highest BCUT2D eigenvalue weighted by Gasteiger charge is 2.11. The molecule has 0 aliphatic carbocycles. The van der Waals surface area contributed by atoms with E-state index in [9.17, 15) is 0 Å². The third-order valence-corrected chi connectivity index (χ3v) is 4.72. The SMILES string of the molecule is COc1ccc(Cl)cc1CN(C)C(=S)NCCCN1CCOCC1. The first kappa shape index (κ1) is 19.2. The Bertz CT molecular complexity index is 539. The van der Waals surface area contributed by atoms with Crippen LogP contribution in [0.1, 0.15) is 12.0 Å². The second-order valence-electron chi connectivity index (χ2n) is 5.85. The van der Waals surface area contributed by atoms with Gasteiger partial charge in [-0.3, -0.25) is 4.90 Å². The number of ether oxygens (including phenoxy) is 2. The van der Waals surface area contributed by atoms with Crippen molar-refractivity contribution in [3.8, 4) is 5.75 Å². The first-order valence-corrected chi connectivity index (χ1v) is 9.00. The number of morpholine rings is 1. The monoisotopic (exact) mass is 371 g/mol. The minimum absolute atomic E-state index is 0.652. The van der Waals surface area contributed by atoms with Crippen molar-refractivity contribution in [1.82, 2.24) is 15.1 Å². The van der Waals surface area contributed by atoms with Crippen LogP contribution in [-0.2, 0) is 11.3 Å². The normalized spacial score (nSPS) is 15.1. The summed E-state index contributed by atoms with van der Waals surface area (Å²) in [5.74, 6) is 0.821. The number of benzene rings is 1. The third kappa shape index (κ3) is 6.09. The van der Waals surface area contributed by atoms with Crippen LogP contribution in [0, 0.1) is 0 Å². The lowest BCUT2D eigenvalue weighted by Crippen LogP contribution is -2.40. The van der Waals surface area contributed by atoms with Crippen LogP contribution in [0.25, 0.3) is 0 Å². The van der Waals surface area contributed by atoms with Crippen molar-refractivity contribution in [2.45, 2.75) is 13.0 Å². The van der Waals surface area contributed by atoms with E-state index in [-0.39, 0.29) is 0 Å². The molecule has 0 bridgehead atoms. The second kappa shape index (κ2) is 10.0. The van der Waals surface area contributed by atoms with Gasteiger partial charge in [-0.2, -0.15) is 0 Å². The molecule has 1 aliphatic heterocycles. The van der Waals surface area contributed by atoms with Crippen LogP contribution < -0.4 is 10.1 Å². The highest BCUT2D eigenvalue weighted by atomic mass is 35.5. The van der Waals surface area contributed by atoms with E-state index in [1.54, 1.807) is 7.11 Å². The lowest BCUT2D eigenvalue weighted by Gasteiger charge is -2.27. The van der Waals surface area contributed by atoms with Crippen molar-refractivity contribution in [3.63, 3.8) is 0 Å². The lowest BCUT2D eigenvalue weighted by atomic mass is 10.2. The Labute approximate surface area is 154 Å². The van der Waals surface area contributed by atoms with Crippen molar-refractivity contribution in [3.05, 3.63) is 28.8 Å². The average molecular weight is 372 g/mol. The summed E-state index contributed by atoms with van der Waals surface area (Å²) < 4.78 is 10.7. The molecule has 1 aliphatic rings. The molecule has 1 heterocycles. The van der Waals surface area contributed by atoms with Gasteiger partial charge in [0.15, 0.2) is 5.11 Å². The second-order valence-corrected chi connectivity index (χ2v) is 6.67. The average Bonchev–Trinajstić information content (AvgIpc) is 2.59. The molecular formula is C17H26ClN3O2S. The minimum Gasteiger partial charge on any atom is -0.496 e. The number of hydrogen-bond acceptors (Lipinski definition) is 4. The van der Waals surface area contributed by atoms with Crippen molar-refractivity contribution in [2.75, 3.05) is 53.6 Å². The van der Waals surface area contributed by atoms with E-state index in [1.807, 2.05) is 30.1 Å². The molecule has 24 heavy (non-hydrogen) atoms. The van der Waals surface area contributed by atoms with Crippen molar-refractivity contribution < 1.29 is 9.47 Å². The maximum atomic E-state index is 6.08. The van der Waals surface area contributed by atoms with Crippen LogP contribution in [0.3, 0.4) is 0 Å². The molecular weight excluding hydrogens is 346 g/mol. The maximum Gasteiger partial charge on any atom is 0.168 e. The molecule has 0 saturated carbocycles. The van der Waals surface area contributed by atoms with Gasteiger partial charge in [0.25, 0.3) is 0 Å². The van der Waals surface area contributed by atoms with Gasteiger partial charge in [0.2, 0.25) is 0 Å². The van der Waals surface area contributed by atoms with E-state index < -0.39 is 0 Å². The number of nitrogens with one attached hydrogen (secondary N) is 1. The van der Waals surface area contributed by atoms with Crippen molar-refractivity contribution in [2.24, 2.45) is 0 Å². The first-order chi connectivity index (χ1) is 11.6. The largest absolute Gasteiger partial charge is 0.496 e. The van der Waals surface area contributed by atoms with E-state index in [0.29, 0.717) is 11.6 Å². The molecule has 0 unspecified atom stereocenters. The number of halogens is 1. The zero-order valence-corrected chi connectivity index (χ0v) is 16.0. The van der Waals surface area contributed by atoms with Gasteiger partial charge in [-0.05, 0) is 43.4 Å². The molecule has 0 atom stereocenters. The topological polar surface area (TPSA) is 37.0 Å². The molecule has 134 valence electrons. The Kier molecular flexibility index (Phi) is 8.05. The molecule has 0 radical (unpaired) electrons. The van der Waals surface area contributed by atoms with Crippen LogP contribution >= 0.6 is 23.8 Å². The van der Waals surface area contributed by atoms with Crippen LogP contribution in [0.4, 0.5) is 0 Å². The predicted molar refractivity (Wildman–Crippen MR) is 102 cm³/mol. The molecule has 0 amide bonds. The smallest absolute Gasteiger partial charge is 0.168 e. The third-order valence-electron chi connectivity index (χ3n) is 4.03. The highest BCUT2D eigenvalue weighted by Crippen LogP contribution is 2.23. The Morgan fingerprint density at radius 3 is 2.88 bits per heavy atom. The fourth-order valence-corrected chi connectivity index (χ4v) is 3.02. The fourth-order valence-electron chi connectivity index (χ4n) is 2.66. The zero-order chi connectivity index (χ0) is 17.4. The molecule has 2 rings (SSSR count). The molecule has 1 saturated heterocycles. The summed E-state index contributed by atoms with van der Waals surface area (Å²) in [6, 6.07) is 5.62. The summed E-state index contributed by atoms with van der Waals surface area (Å²) in [7, 11) is 3.63. The van der Waals surface area contributed by atoms with Crippen LogP contribution in [0.15, 0.2) is 18.2 Å². The molecule has 1 N–H and O–H groups in total. The summed E-state index contributed by atoms with van der Waals surface area (Å²) in [5.41, 5.74) is 1.02. The van der Waals surface area contributed by atoms with E-state index in [2.05, 4.69) is 10.2 Å². The lowest BCUT2D eigenvalue weighted by molar-refractivity contribution is 0.0376. The number of thiocarbonyl (C=S) groups is 1. The van der Waals surface area contributed by atoms with Gasteiger partial charge in [-0.1, -0.05) is 11.6 Å². The van der Waals surface area contributed by atoms with E-state index in [1.165, 1.54) is 0 Å². The minimum atomic E-state index is 0.652. The van der Waals surface area contributed by atoms with Crippen molar-refractivity contribution in [1.29, 1.82) is 0 Å². The summed E-state index contributed by atoms with van der Waals surface area (Å²) in [6.45, 7) is 6.33. The Balaban J connectivity index is 1.72. The van der Waals surface area contributed by atoms with E-state index >= 15 is 0 Å². The van der Waals surface area contributed by atoms with Gasteiger partial charge in [-0.25, -0.2) is 0 Å². The predicted octanol–water partition coefficient (Wildman–Crippen LogP) is 2.38. The Hall–Kier alpha value is -1.08. The molecule has 0 aromatic heterocycles. The molecule has 1 fully saturated rings. The molecule has 5 nitrogen and oxygen atoms in total. The Morgan fingerprint density at radius 1 is 1.42 bits per heavy atom. The van der Waals surface area contributed by atoms with Crippen LogP contribution in [0.5, 0.6) is 5.75 Å². The number of rotatable bonds is 7. The van der Waals surface area contributed by atoms with Gasteiger partial charge in [0, 0.05) is 43.8 Å². The van der Waals surface area contributed by atoms with E-state index in [0.717, 1.165) is 62.2 Å². The molecule has 1 aromatic rings. The Morgan fingerprint density at radius 2 is 2.17 bits per heavy atom. The number of nitrogens with zero attached hydrogens (tertiary/aromatic N) is 2. The quantitative estimate of drug-likeness (QED) is 0.586. The standard InChI is InChI=1S/C17H26ClN3O2S/c1-20(13-14-12-15(18)4-5-16(14)22-2)17(24)19-6-3-7-21-8-10-23-11-9-21/h4-5,12H,3,6-11,13H2,1-2H3,(H,19,24). The summed E-state index contributed by atoms with van der Waals surface area (Å²) in [4.78, 5) is 4.42. The summed E-state index contributed by atoms with van der Waals surface area (Å²) >= 11 is 11.5. The molecule has 0 spiro atoms. The first-order valence-electron chi connectivity index (χ1n) is 8.21. The summed E-state index contributed by atoms with van der Waals surface area (Å²) in [6.07, 6.45) is 1.06. The molecule has 7 heteroatoms. The van der Waals surface area contributed by atoms with Gasteiger partial charge >= 0.3 is 0 Å². The van der Waals surface area contributed by atoms with Crippen LogP contribution in [0.2, 0.25) is 5.02 Å². The maximum absolute atomic E-state index is 6.08. The fraction of sp³-hybridized carbons (Fsp3) is 0.588. The van der Waals surface area contributed by atoms with E-state index in [4.69, 9.17) is 33.3 Å². The number of methoxy groups -OCH3 is 1. The van der Waals surface area contributed by atoms with Gasteiger partial charge in [0.05, 0.1) is 20.3 Å².